The lowest BCUT2D eigenvalue weighted by Gasteiger charge is -2.11. The standard InChI is InChI=1S/C9H18N2OS/c1-9(5-8-13(2)12)11-7-4-3-6-10/h9,11H,3-5,7-8H2,1-2H3. The molecule has 0 amide bonds. The molecule has 0 aromatic carbocycles. The van der Waals surface area contributed by atoms with E-state index in [-0.39, 0.29) is 0 Å². The third-order valence-electron chi connectivity index (χ3n) is 1.80. The Morgan fingerprint density at radius 1 is 1.62 bits per heavy atom. The van der Waals surface area contributed by atoms with Crippen LogP contribution in [0.25, 0.3) is 0 Å². The number of hydrogen-bond acceptors (Lipinski definition) is 3. The first kappa shape index (κ1) is 12.6. The maximum Gasteiger partial charge on any atom is 0.0622 e. The van der Waals surface area contributed by atoms with Crippen LogP contribution >= 0.6 is 0 Å². The highest BCUT2D eigenvalue weighted by Gasteiger charge is 2.01. The normalized spacial score (nSPS) is 14.8. The van der Waals surface area contributed by atoms with E-state index < -0.39 is 10.8 Å². The van der Waals surface area contributed by atoms with Gasteiger partial charge < -0.3 is 5.32 Å². The highest BCUT2D eigenvalue weighted by molar-refractivity contribution is 7.84. The number of unbranched alkanes of at least 4 members (excludes halogenated alkanes) is 1. The Kier molecular flexibility index (Phi) is 7.96. The van der Waals surface area contributed by atoms with Gasteiger partial charge in [0.05, 0.1) is 6.07 Å². The molecule has 0 rings (SSSR count). The van der Waals surface area contributed by atoms with Crippen LogP contribution in [0.4, 0.5) is 0 Å². The average Bonchev–Trinajstić information content (AvgIpc) is 2.09. The van der Waals surface area contributed by atoms with E-state index in [1.165, 1.54) is 0 Å². The van der Waals surface area contributed by atoms with Crippen molar-refractivity contribution in [3.8, 4) is 6.07 Å². The second-order valence-corrected chi connectivity index (χ2v) is 4.74. The van der Waals surface area contributed by atoms with E-state index in [4.69, 9.17) is 5.26 Å². The van der Waals surface area contributed by atoms with Gasteiger partial charge in [-0.2, -0.15) is 5.26 Å². The van der Waals surface area contributed by atoms with E-state index >= 15 is 0 Å². The molecule has 1 N–H and O–H groups in total. The molecule has 0 radical (unpaired) electrons. The van der Waals surface area contributed by atoms with Gasteiger partial charge >= 0.3 is 0 Å². The fraction of sp³-hybridized carbons (Fsp3) is 0.889. The van der Waals surface area contributed by atoms with Gasteiger partial charge in [-0.3, -0.25) is 4.21 Å². The minimum absolute atomic E-state index is 0.405. The SMILES string of the molecule is CC(CCS(C)=O)NCCCC#N. The van der Waals surface area contributed by atoms with Crippen molar-refractivity contribution in [3.05, 3.63) is 0 Å². The van der Waals surface area contributed by atoms with Crippen LogP contribution in [0, 0.1) is 11.3 Å². The van der Waals surface area contributed by atoms with Gasteiger partial charge in [-0.05, 0) is 26.3 Å². The monoisotopic (exact) mass is 202 g/mol. The molecule has 0 heterocycles. The fourth-order valence-electron chi connectivity index (χ4n) is 0.961. The second kappa shape index (κ2) is 8.21. The lowest BCUT2D eigenvalue weighted by Crippen LogP contribution is -2.28. The summed E-state index contributed by atoms with van der Waals surface area (Å²) in [6.45, 7) is 2.96. The maximum absolute atomic E-state index is 10.8. The fourth-order valence-corrected chi connectivity index (χ4v) is 1.65. The molecule has 4 heteroatoms. The Labute approximate surface area is 83.0 Å². The molecule has 76 valence electrons. The highest BCUT2D eigenvalue weighted by atomic mass is 32.2. The van der Waals surface area contributed by atoms with Crippen molar-refractivity contribution in [2.24, 2.45) is 0 Å². The Morgan fingerprint density at radius 2 is 2.31 bits per heavy atom. The van der Waals surface area contributed by atoms with Crippen LogP contribution in [0.3, 0.4) is 0 Å². The molecule has 0 aliphatic rings. The summed E-state index contributed by atoms with van der Waals surface area (Å²) in [5.74, 6) is 0.756. The smallest absolute Gasteiger partial charge is 0.0622 e. The van der Waals surface area contributed by atoms with Crippen molar-refractivity contribution in [1.82, 2.24) is 5.32 Å². The van der Waals surface area contributed by atoms with Crippen LogP contribution in [-0.2, 0) is 10.8 Å². The zero-order chi connectivity index (χ0) is 10.1. The highest BCUT2D eigenvalue weighted by Crippen LogP contribution is 1.93. The van der Waals surface area contributed by atoms with E-state index in [0.717, 1.165) is 25.1 Å². The predicted molar refractivity (Wildman–Crippen MR) is 55.9 cm³/mol. The van der Waals surface area contributed by atoms with Crippen LogP contribution < -0.4 is 5.32 Å². The van der Waals surface area contributed by atoms with Crippen molar-refractivity contribution in [2.75, 3.05) is 18.6 Å². The Bertz CT molecular complexity index is 189. The van der Waals surface area contributed by atoms with Crippen LogP contribution in [0.1, 0.15) is 26.2 Å². The number of nitriles is 1. The molecule has 3 nitrogen and oxygen atoms in total. The van der Waals surface area contributed by atoms with Crippen LogP contribution in [-0.4, -0.2) is 28.8 Å². The van der Waals surface area contributed by atoms with Gasteiger partial charge in [0.2, 0.25) is 0 Å². The van der Waals surface area contributed by atoms with Gasteiger partial charge in [0.25, 0.3) is 0 Å². The van der Waals surface area contributed by atoms with E-state index in [2.05, 4.69) is 18.3 Å². The lowest BCUT2D eigenvalue weighted by atomic mass is 10.2. The summed E-state index contributed by atoms with van der Waals surface area (Å²) in [6.07, 6.45) is 4.17. The summed E-state index contributed by atoms with van der Waals surface area (Å²) < 4.78 is 10.8. The maximum atomic E-state index is 10.8. The molecule has 0 fully saturated rings. The van der Waals surface area contributed by atoms with Crippen LogP contribution in [0.15, 0.2) is 0 Å². The molecule has 0 aliphatic carbocycles. The summed E-state index contributed by atoms with van der Waals surface area (Å²) in [6, 6.07) is 2.51. The minimum atomic E-state index is -0.687. The van der Waals surface area contributed by atoms with Crippen molar-refractivity contribution < 1.29 is 4.21 Å². The molecule has 0 aromatic rings. The summed E-state index contributed by atoms with van der Waals surface area (Å²) in [5.41, 5.74) is 0. The summed E-state index contributed by atoms with van der Waals surface area (Å²) in [5, 5.41) is 11.6. The quantitative estimate of drug-likeness (QED) is 0.627. The first-order chi connectivity index (χ1) is 6.16. The first-order valence-electron chi connectivity index (χ1n) is 4.57. The third kappa shape index (κ3) is 9.51. The Morgan fingerprint density at radius 3 is 2.85 bits per heavy atom. The number of hydrogen-bond donors (Lipinski definition) is 1. The lowest BCUT2D eigenvalue weighted by molar-refractivity contribution is 0.527. The molecule has 0 saturated heterocycles. The Hall–Kier alpha value is -0.400. The zero-order valence-corrected chi connectivity index (χ0v) is 9.19. The summed E-state index contributed by atoms with van der Waals surface area (Å²) in [7, 11) is -0.687. The Balaban J connectivity index is 3.25. The third-order valence-corrected chi connectivity index (χ3v) is 2.61. The molecule has 0 aliphatic heterocycles. The van der Waals surface area contributed by atoms with Gasteiger partial charge in [-0.15, -0.1) is 0 Å². The summed E-state index contributed by atoms with van der Waals surface area (Å²) in [4.78, 5) is 0. The van der Waals surface area contributed by atoms with Crippen molar-refractivity contribution in [1.29, 1.82) is 5.26 Å². The van der Waals surface area contributed by atoms with Gasteiger partial charge in [-0.25, -0.2) is 0 Å². The molecule has 0 saturated carbocycles. The molecular formula is C9H18N2OS. The van der Waals surface area contributed by atoms with E-state index in [0.29, 0.717) is 12.5 Å². The molecule has 13 heavy (non-hydrogen) atoms. The van der Waals surface area contributed by atoms with Gasteiger partial charge in [0.15, 0.2) is 0 Å². The molecule has 0 spiro atoms. The predicted octanol–water partition coefficient (Wildman–Crippen LogP) is 1.04. The molecule has 0 bridgehead atoms. The van der Waals surface area contributed by atoms with Crippen molar-refractivity contribution in [2.45, 2.75) is 32.2 Å². The topological polar surface area (TPSA) is 52.9 Å². The van der Waals surface area contributed by atoms with E-state index in [9.17, 15) is 4.21 Å². The number of nitrogens with one attached hydrogen (secondary N) is 1. The number of nitrogens with zero attached hydrogens (tertiary/aromatic N) is 1. The van der Waals surface area contributed by atoms with E-state index in [1.807, 2.05) is 0 Å². The molecule has 2 atom stereocenters. The van der Waals surface area contributed by atoms with Crippen molar-refractivity contribution in [3.63, 3.8) is 0 Å². The van der Waals surface area contributed by atoms with Crippen molar-refractivity contribution >= 4 is 10.8 Å². The number of rotatable bonds is 7. The van der Waals surface area contributed by atoms with Crippen LogP contribution in [0.5, 0.6) is 0 Å². The minimum Gasteiger partial charge on any atom is -0.314 e. The van der Waals surface area contributed by atoms with E-state index in [1.54, 1.807) is 6.26 Å². The first-order valence-corrected chi connectivity index (χ1v) is 6.30. The average molecular weight is 202 g/mol. The van der Waals surface area contributed by atoms with Gasteiger partial charge in [0, 0.05) is 35.3 Å². The second-order valence-electron chi connectivity index (χ2n) is 3.18. The largest absolute Gasteiger partial charge is 0.314 e. The molecular weight excluding hydrogens is 184 g/mol. The summed E-state index contributed by atoms with van der Waals surface area (Å²) >= 11 is 0. The molecule has 0 aromatic heterocycles. The molecule has 2 unspecified atom stereocenters. The van der Waals surface area contributed by atoms with Crippen LogP contribution in [0.2, 0.25) is 0 Å². The van der Waals surface area contributed by atoms with Gasteiger partial charge in [-0.1, -0.05) is 0 Å². The zero-order valence-electron chi connectivity index (χ0n) is 8.38. The van der Waals surface area contributed by atoms with Gasteiger partial charge in [0.1, 0.15) is 0 Å².